The molecule has 0 radical (unpaired) electrons. The Kier molecular flexibility index (Phi) is 12.7. The van der Waals surface area contributed by atoms with Crippen LogP contribution in [0.4, 0.5) is 10.5 Å². The van der Waals surface area contributed by atoms with Crippen LogP contribution in [0.3, 0.4) is 0 Å². The third-order valence-corrected chi connectivity index (χ3v) is 6.07. The molecule has 0 bridgehead atoms. The first kappa shape index (κ1) is 31.1. The third-order valence-electron chi connectivity index (χ3n) is 6.07. The molecule has 13 heteroatoms. The van der Waals surface area contributed by atoms with Gasteiger partial charge in [-0.1, -0.05) is 32.4 Å². The van der Waals surface area contributed by atoms with Gasteiger partial charge in [-0.3, -0.25) is 24.1 Å². The van der Waals surface area contributed by atoms with Gasteiger partial charge in [0.1, 0.15) is 12.6 Å². The number of nitrogens with two attached hydrogens (primary N) is 1. The molecule has 0 aromatic heterocycles. The zero-order chi connectivity index (χ0) is 28.8. The SMILES string of the molecule is CC(C)C(NC(=O)CCCCCN1C(=O)C=CC1=O)C(CNCC(=O)Nc1ccc(COC(N)=O)cc1)N=N. The normalized spacial score (nSPS) is 14.3. The number of ether oxygens (including phenoxy) is 1. The number of benzene rings is 1. The number of anilines is 1. The first-order chi connectivity index (χ1) is 18.6. The Morgan fingerprint density at radius 2 is 1.69 bits per heavy atom. The van der Waals surface area contributed by atoms with E-state index in [2.05, 4.69) is 21.1 Å². The van der Waals surface area contributed by atoms with Crippen LogP contribution >= 0.6 is 0 Å². The van der Waals surface area contributed by atoms with E-state index in [4.69, 9.17) is 16.0 Å². The molecular weight excluding hydrogens is 506 g/mol. The zero-order valence-electron chi connectivity index (χ0n) is 22.3. The second-order valence-corrected chi connectivity index (χ2v) is 9.49. The van der Waals surface area contributed by atoms with Crippen LogP contribution in [0.5, 0.6) is 0 Å². The van der Waals surface area contributed by atoms with Gasteiger partial charge in [-0.2, -0.15) is 5.11 Å². The lowest BCUT2D eigenvalue weighted by Crippen LogP contribution is -2.50. The average molecular weight is 544 g/mol. The third kappa shape index (κ3) is 11.0. The molecule has 1 aromatic carbocycles. The second-order valence-electron chi connectivity index (χ2n) is 9.49. The Labute approximate surface area is 227 Å². The fraction of sp³-hybridized carbons (Fsp3) is 0.500. The highest BCUT2D eigenvalue weighted by atomic mass is 16.5. The molecule has 5 amide bonds. The maximum atomic E-state index is 12.5. The predicted octanol–water partition coefficient (Wildman–Crippen LogP) is 1.84. The van der Waals surface area contributed by atoms with Crippen LogP contribution < -0.4 is 21.7 Å². The Bertz CT molecular complexity index is 1040. The lowest BCUT2D eigenvalue weighted by Gasteiger charge is -2.27. The van der Waals surface area contributed by atoms with Gasteiger partial charge in [-0.15, -0.1) is 0 Å². The lowest BCUT2D eigenvalue weighted by molar-refractivity contribution is -0.137. The monoisotopic (exact) mass is 543 g/mol. The number of carbonyl (C=O) groups is 5. The van der Waals surface area contributed by atoms with Crippen molar-refractivity contribution < 1.29 is 28.7 Å². The summed E-state index contributed by atoms with van der Waals surface area (Å²) in [5.41, 5.74) is 13.8. The number of hydrogen-bond donors (Lipinski definition) is 5. The number of imide groups is 1. The highest BCUT2D eigenvalue weighted by Gasteiger charge is 2.26. The summed E-state index contributed by atoms with van der Waals surface area (Å²) in [4.78, 5) is 59.8. The Hall–Kier alpha value is -4.13. The summed E-state index contributed by atoms with van der Waals surface area (Å²) in [5, 5.41) is 12.4. The van der Waals surface area contributed by atoms with Gasteiger partial charge in [0.15, 0.2) is 0 Å². The number of amides is 5. The van der Waals surface area contributed by atoms with Gasteiger partial charge in [0.05, 0.1) is 12.6 Å². The molecule has 39 heavy (non-hydrogen) atoms. The van der Waals surface area contributed by atoms with Crippen LogP contribution in [-0.2, 0) is 30.5 Å². The van der Waals surface area contributed by atoms with Crippen LogP contribution in [0.15, 0.2) is 41.5 Å². The van der Waals surface area contributed by atoms with Crippen molar-refractivity contribution >= 4 is 35.4 Å². The maximum absolute atomic E-state index is 12.5. The predicted molar refractivity (Wildman–Crippen MR) is 142 cm³/mol. The van der Waals surface area contributed by atoms with E-state index in [1.54, 1.807) is 24.3 Å². The molecule has 1 aliphatic heterocycles. The summed E-state index contributed by atoms with van der Waals surface area (Å²) in [6.07, 6.45) is 3.81. The van der Waals surface area contributed by atoms with E-state index in [1.165, 1.54) is 17.1 Å². The van der Waals surface area contributed by atoms with E-state index in [0.29, 0.717) is 31.5 Å². The standard InChI is InChI=1S/C26H37N7O6/c1-17(2)25(31-21(34)6-4-3-5-13-33-23(36)11-12-24(33)37)20(32-28)14-29-15-22(35)30-19-9-7-18(8-10-19)16-39-26(27)38/h7-12,17,20,25,28-29H,3-6,13-16H2,1-2H3,(H2,27,38)(H,30,35)(H,31,34). The zero-order valence-corrected chi connectivity index (χ0v) is 22.3. The molecule has 0 aliphatic carbocycles. The number of nitrogens with one attached hydrogen (secondary N) is 4. The number of unbranched alkanes of at least 4 members (excludes halogenated alkanes) is 2. The summed E-state index contributed by atoms with van der Waals surface area (Å²) in [7, 11) is 0. The lowest BCUT2D eigenvalue weighted by atomic mass is 9.96. The smallest absolute Gasteiger partial charge is 0.404 e. The van der Waals surface area contributed by atoms with Gasteiger partial charge < -0.3 is 26.4 Å². The molecule has 2 atom stereocenters. The van der Waals surface area contributed by atoms with Gasteiger partial charge in [0.25, 0.3) is 11.8 Å². The number of nitrogens with zero attached hydrogens (tertiary/aromatic N) is 2. The summed E-state index contributed by atoms with van der Waals surface area (Å²) < 4.78 is 4.72. The molecule has 212 valence electrons. The summed E-state index contributed by atoms with van der Waals surface area (Å²) in [5.74, 6) is -1.08. The summed E-state index contributed by atoms with van der Waals surface area (Å²) in [6, 6.07) is 5.78. The largest absolute Gasteiger partial charge is 0.445 e. The fourth-order valence-electron chi connectivity index (χ4n) is 3.98. The molecular formula is C26H37N7O6. The van der Waals surface area contributed by atoms with Crippen molar-refractivity contribution in [2.45, 2.75) is 58.2 Å². The quantitative estimate of drug-likeness (QED) is 0.112. The van der Waals surface area contributed by atoms with Gasteiger partial charge in [0.2, 0.25) is 11.8 Å². The minimum Gasteiger partial charge on any atom is -0.445 e. The van der Waals surface area contributed by atoms with E-state index < -0.39 is 18.2 Å². The molecule has 1 heterocycles. The fourth-order valence-corrected chi connectivity index (χ4v) is 3.98. The molecule has 0 spiro atoms. The summed E-state index contributed by atoms with van der Waals surface area (Å²) >= 11 is 0. The minimum atomic E-state index is -0.865. The molecule has 1 aliphatic rings. The molecule has 6 N–H and O–H groups in total. The van der Waals surface area contributed by atoms with Crippen LogP contribution in [0, 0.1) is 11.4 Å². The van der Waals surface area contributed by atoms with Gasteiger partial charge in [-0.05, 0) is 36.5 Å². The van der Waals surface area contributed by atoms with Crippen molar-refractivity contribution in [3.05, 3.63) is 42.0 Å². The molecule has 13 nitrogen and oxygen atoms in total. The molecule has 2 unspecified atom stereocenters. The second kappa shape index (κ2) is 16.0. The molecule has 0 saturated carbocycles. The highest BCUT2D eigenvalue weighted by Crippen LogP contribution is 2.13. The number of rotatable bonds is 17. The Morgan fingerprint density at radius 3 is 2.28 bits per heavy atom. The van der Waals surface area contributed by atoms with Crippen LogP contribution in [0.25, 0.3) is 0 Å². The maximum Gasteiger partial charge on any atom is 0.404 e. The van der Waals surface area contributed by atoms with Crippen molar-refractivity contribution in [2.75, 3.05) is 25.0 Å². The van der Waals surface area contributed by atoms with Crippen LogP contribution in [-0.4, -0.2) is 66.3 Å². The minimum absolute atomic E-state index is 0.000395. The van der Waals surface area contributed by atoms with Crippen molar-refractivity contribution in [1.82, 2.24) is 15.5 Å². The van der Waals surface area contributed by atoms with E-state index in [1.807, 2.05) is 13.8 Å². The van der Waals surface area contributed by atoms with Gasteiger partial charge in [-0.25, -0.2) is 10.3 Å². The van der Waals surface area contributed by atoms with Crippen molar-refractivity contribution in [1.29, 1.82) is 5.53 Å². The van der Waals surface area contributed by atoms with E-state index in [9.17, 15) is 24.0 Å². The molecule has 0 saturated heterocycles. The topological polar surface area (TPSA) is 196 Å². The number of carbonyl (C=O) groups excluding carboxylic acids is 5. The number of primary amides is 1. The van der Waals surface area contributed by atoms with Crippen LogP contribution in [0.2, 0.25) is 0 Å². The van der Waals surface area contributed by atoms with Gasteiger partial charge >= 0.3 is 6.09 Å². The molecule has 1 aromatic rings. The van der Waals surface area contributed by atoms with Gasteiger partial charge in [0, 0.05) is 37.3 Å². The van der Waals surface area contributed by atoms with Crippen molar-refractivity contribution in [2.24, 2.45) is 16.8 Å². The van der Waals surface area contributed by atoms with Crippen molar-refractivity contribution in [3.8, 4) is 0 Å². The summed E-state index contributed by atoms with van der Waals surface area (Å²) in [6.45, 7) is 4.41. The highest BCUT2D eigenvalue weighted by molar-refractivity contribution is 6.12. The van der Waals surface area contributed by atoms with Crippen LogP contribution in [0.1, 0.15) is 45.1 Å². The van der Waals surface area contributed by atoms with E-state index >= 15 is 0 Å². The number of hydrogen-bond acceptors (Lipinski definition) is 9. The first-order valence-electron chi connectivity index (χ1n) is 12.8. The molecule has 0 fully saturated rings. The van der Waals surface area contributed by atoms with E-state index in [0.717, 1.165) is 5.56 Å². The van der Waals surface area contributed by atoms with Crippen molar-refractivity contribution in [3.63, 3.8) is 0 Å². The Morgan fingerprint density at radius 1 is 1.03 bits per heavy atom. The first-order valence-corrected chi connectivity index (χ1v) is 12.8. The molecule has 2 rings (SSSR count). The average Bonchev–Trinajstić information content (AvgIpc) is 3.21. The van der Waals surface area contributed by atoms with E-state index in [-0.39, 0.29) is 55.7 Å². The Balaban J connectivity index is 1.71.